The van der Waals surface area contributed by atoms with Crippen LogP contribution in [0, 0.1) is 22.7 Å². The van der Waals surface area contributed by atoms with Gasteiger partial charge in [0, 0.05) is 17.8 Å². The quantitative estimate of drug-likeness (QED) is 0.142. The zero-order valence-corrected chi connectivity index (χ0v) is 25.9. The molecule has 12 nitrogen and oxygen atoms in total. The number of carbonyl (C=O) groups excluding carboxylic acids is 3. The van der Waals surface area contributed by atoms with Crippen molar-refractivity contribution in [1.29, 1.82) is 10.5 Å². The zero-order chi connectivity index (χ0) is 33.2. The third kappa shape index (κ3) is 8.58. The van der Waals surface area contributed by atoms with Crippen molar-refractivity contribution in [3.8, 4) is 29.4 Å². The molecule has 0 heterocycles. The summed E-state index contributed by atoms with van der Waals surface area (Å²) in [6.07, 6.45) is 4.81. The molecule has 1 unspecified atom stereocenters. The molecule has 0 aromatic heterocycles. The van der Waals surface area contributed by atoms with Crippen LogP contribution in [-0.4, -0.2) is 42.8 Å². The van der Waals surface area contributed by atoms with Crippen molar-refractivity contribution < 1.29 is 33.7 Å². The first kappa shape index (κ1) is 33.4. The van der Waals surface area contributed by atoms with Crippen LogP contribution in [0.2, 0.25) is 5.02 Å². The average Bonchev–Trinajstić information content (AvgIpc) is 3.06. The van der Waals surface area contributed by atoms with Crippen LogP contribution in [0.25, 0.3) is 0 Å². The summed E-state index contributed by atoms with van der Waals surface area (Å²) < 4.78 is 16.0. The molecule has 1 atom stereocenters. The van der Waals surface area contributed by atoms with E-state index < -0.39 is 36.4 Å². The van der Waals surface area contributed by atoms with Crippen molar-refractivity contribution in [1.82, 2.24) is 0 Å². The highest BCUT2D eigenvalue weighted by molar-refractivity contribution is 6.32. The maximum Gasteiger partial charge on any atom is 0.343 e. The molecule has 3 aromatic rings. The third-order valence-electron chi connectivity index (χ3n) is 7.40. The largest absolute Gasteiger partial charge is 0.506 e. The number of carbonyl (C=O) groups is 3. The summed E-state index contributed by atoms with van der Waals surface area (Å²) in [7, 11) is 1.18. The number of hydrogen-bond donors (Lipinski definition) is 4. The summed E-state index contributed by atoms with van der Waals surface area (Å²) in [4.78, 5) is 37.6. The van der Waals surface area contributed by atoms with E-state index in [1.807, 2.05) is 24.3 Å². The lowest BCUT2D eigenvalue weighted by molar-refractivity contribution is -0.142. The molecule has 4 N–H and O–H groups in total. The van der Waals surface area contributed by atoms with Crippen molar-refractivity contribution in [2.45, 2.75) is 51.0 Å². The average molecular weight is 646 g/mol. The number of rotatable bonds is 10. The Morgan fingerprint density at radius 2 is 1.67 bits per heavy atom. The van der Waals surface area contributed by atoms with E-state index in [-0.39, 0.29) is 33.9 Å². The number of phenolic OH excluding ortho intramolecular Hbond substituents is 1. The van der Waals surface area contributed by atoms with Crippen molar-refractivity contribution in [2.75, 3.05) is 29.7 Å². The Hall–Kier alpha value is -5.46. The van der Waals surface area contributed by atoms with E-state index in [2.05, 4.69) is 20.7 Å². The number of ether oxygens (including phenoxy) is 3. The third-order valence-corrected chi connectivity index (χ3v) is 7.70. The normalized spacial score (nSPS) is 13.3. The Morgan fingerprint density at radius 3 is 2.35 bits per heavy atom. The Kier molecular flexibility index (Phi) is 11.3. The van der Waals surface area contributed by atoms with Gasteiger partial charge in [-0.1, -0.05) is 36.9 Å². The highest BCUT2D eigenvalue weighted by Gasteiger charge is 2.22. The van der Waals surface area contributed by atoms with Crippen LogP contribution in [0.4, 0.5) is 21.9 Å². The summed E-state index contributed by atoms with van der Waals surface area (Å²) in [6.45, 7) is 0.990. The fourth-order valence-corrected chi connectivity index (χ4v) is 5.19. The number of hydrogen-bond acceptors (Lipinski definition) is 9. The van der Waals surface area contributed by atoms with Gasteiger partial charge in [-0.05, 0) is 61.6 Å². The van der Waals surface area contributed by atoms with Gasteiger partial charge in [-0.2, -0.15) is 10.5 Å². The molecular formula is C33H32ClN5O7. The molecule has 46 heavy (non-hydrogen) atoms. The molecule has 0 saturated heterocycles. The van der Waals surface area contributed by atoms with E-state index in [4.69, 9.17) is 26.3 Å². The first-order valence-corrected chi connectivity index (χ1v) is 14.9. The van der Waals surface area contributed by atoms with Crippen molar-refractivity contribution in [2.24, 2.45) is 0 Å². The number of methoxy groups -OCH3 is 1. The predicted molar refractivity (Wildman–Crippen MR) is 170 cm³/mol. The maximum atomic E-state index is 13.1. The second kappa shape index (κ2) is 15.5. The fraction of sp³-hybridized carbons (Fsp3) is 0.303. The van der Waals surface area contributed by atoms with Gasteiger partial charge in [-0.25, -0.2) is 9.59 Å². The number of nitriles is 2. The van der Waals surface area contributed by atoms with Crippen molar-refractivity contribution >= 4 is 46.6 Å². The first-order valence-electron chi connectivity index (χ1n) is 14.5. The van der Waals surface area contributed by atoms with Gasteiger partial charge < -0.3 is 35.3 Å². The molecular weight excluding hydrogens is 614 g/mol. The number of urea groups is 1. The van der Waals surface area contributed by atoms with Crippen LogP contribution in [0.5, 0.6) is 17.2 Å². The van der Waals surface area contributed by atoms with E-state index in [1.165, 1.54) is 57.6 Å². The van der Waals surface area contributed by atoms with Crippen molar-refractivity contribution in [3.05, 3.63) is 70.2 Å². The Balaban J connectivity index is 1.48. The summed E-state index contributed by atoms with van der Waals surface area (Å²) in [5.74, 6) is -1.05. The van der Waals surface area contributed by atoms with E-state index in [9.17, 15) is 24.8 Å². The molecule has 1 aliphatic carbocycles. The number of phenols is 1. The van der Waals surface area contributed by atoms with Gasteiger partial charge in [0.15, 0.2) is 12.7 Å². The van der Waals surface area contributed by atoms with E-state index >= 15 is 0 Å². The van der Waals surface area contributed by atoms with Gasteiger partial charge in [-0.15, -0.1) is 0 Å². The van der Waals surface area contributed by atoms with Gasteiger partial charge in [0.1, 0.15) is 29.4 Å². The van der Waals surface area contributed by atoms with Crippen LogP contribution >= 0.6 is 11.6 Å². The molecule has 3 aromatic carbocycles. The van der Waals surface area contributed by atoms with E-state index in [0.717, 1.165) is 24.5 Å². The van der Waals surface area contributed by atoms with Crippen LogP contribution in [-0.2, 0) is 14.3 Å². The van der Waals surface area contributed by atoms with Crippen LogP contribution < -0.4 is 25.4 Å². The summed E-state index contributed by atoms with van der Waals surface area (Å²) >= 11 is 6.51. The SMILES string of the molecule is COC(=O)COc1cc(NC(=O)Nc2ccc(C#N)c(C#N)c2)c(O)cc1NC(=O)C(C)Oc1ccc(C2CCCCC2)cc1Cl. The molecule has 1 fully saturated rings. The number of anilines is 3. The summed E-state index contributed by atoms with van der Waals surface area (Å²) in [5.41, 5.74) is 1.43. The lowest BCUT2D eigenvalue weighted by atomic mass is 9.84. The zero-order valence-electron chi connectivity index (χ0n) is 25.2. The number of nitrogens with one attached hydrogen (secondary N) is 3. The van der Waals surface area contributed by atoms with Crippen LogP contribution in [0.15, 0.2) is 48.5 Å². The lowest BCUT2D eigenvalue weighted by Gasteiger charge is -2.23. The molecule has 1 aliphatic rings. The number of aromatic hydroxyl groups is 1. The molecule has 4 rings (SSSR count). The van der Waals surface area contributed by atoms with E-state index in [1.54, 1.807) is 6.07 Å². The molecule has 1 saturated carbocycles. The molecule has 0 bridgehead atoms. The standard InChI is InChI=1S/C33H32ClN5O7/c1-19(46-29-11-9-21(13-25(29)34)20-6-4-3-5-7-20)32(42)38-27-14-28(40)26(15-30(27)45-18-31(41)44-2)39-33(43)37-24-10-8-22(16-35)23(12-24)17-36/h8-15,19-20,40H,3-7,18H2,1-2H3,(H,38,42)(H2,37,39,43). The number of halogens is 1. The molecule has 0 spiro atoms. The van der Waals surface area contributed by atoms with Crippen molar-refractivity contribution in [3.63, 3.8) is 0 Å². The molecule has 238 valence electrons. The highest BCUT2D eigenvalue weighted by Crippen LogP contribution is 2.38. The monoisotopic (exact) mass is 645 g/mol. The van der Waals surface area contributed by atoms with Gasteiger partial charge >= 0.3 is 12.0 Å². The second-order valence-electron chi connectivity index (χ2n) is 10.6. The van der Waals surface area contributed by atoms with Gasteiger partial charge in [0.25, 0.3) is 5.91 Å². The second-order valence-corrected chi connectivity index (χ2v) is 11.0. The fourth-order valence-electron chi connectivity index (χ4n) is 4.96. The minimum absolute atomic E-state index is 0.0164. The topological polar surface area (TPSA) is 183 Å². The van der Waals surface area contributed by atoms with Crippen LogP contribution in [0.3, 0.4) is 0 Å². The Morgan fingerprint density at radius 1 is 0.935 bits per heavy atom. The molecule has 0 radical (unpaired) electrons. The smallest absolute Gasteiger partial charge is 0.343 e. The minimum atomic E-state index is -1.03. The summed E-state index contributed by atoms with van der Waals surface area (Å²) in [6, 6.07) is 15.0. The first-order chi connectivity index (χ1) is 22.1. The lowest BCUT2D eigenvalue weighted by Crippen LogP contribution is -2.30. The molecule has 0 aliphatic heterocycles. The summed E-state index contributed by atoms with van der Waals surface area (Å²) in [5, 5.41) is 37.0. The van der Waals surface area contributed by atoms with Gasteiger partial charge in [0.05, 0.1) is 34.6 Å². The Labute approximate surface area is 270 Å². The molecule has 3 amide bonds. The van der Waals surface area contributed by atoms with Gasteiger partial charge in [-0.3, -0.25) is 4.79 Å². The number of nitrogens with zero attached hydrogens (tertiary/aromatic N) is 2. The number of amides is 3. The Bertz CT molecular complexity index is 1710. The molecule has 13 heteroatoms. The number of benzene rings is 3. The maximum absolute atomic E-state index is 13.1. The van der Waals surface area contributed by atoms with E-state index in [0.29, 0.717) is 16.7 Å². The van der Waals surface area contributed by atoms with Gasteiger partial charge in [0.2, 0.25) is 0 Å². The predicted octanol–water partition coefficient (Wildman–Crippen LogP) is 6.44. The highest BCUT2D eigenvalue weighted by atomic mass is 35.5. The number of esters is 1. The van der Waals surface area contributed by atoms with Crippen LogP contribution in [0.1, 0.15) is 61.6 Å². The minimum Gasteiger partial charge on any atom is -0.506 e.